The van der Waals surface area contributed by atoms with Gasteiger partial charge in [0.2, 0.25) is 0 Å². The molecule has 0 saturated carbocycles. The first-order valence-corrected chi connectivity index (χ1v) is 4.92. The smallest absolute Gasteiger partial charge is 0.333 e. The van der Waals surface area contributed by atoms with Crippen LogP contribution in [0.1, 0.15) is 29.8 Å². The van der Waals surface area contributed by atoms with Gasteiger partial charge in [0.25, 0.3) is 0 Å². The van der Waals surface area contributed by atoms with Crippen LogP contribution in [0.15, 0.2) is 29.8 Å². The predicted molar refractivity (Wildman–Crippen MR) is 62.1 cm³/mol. The highest BCUT2D eigenvalue weighted by atomic mass is 16.5. The molecule has 3 nitrogen and oxygen atoms in total. The zero-order valence-electron chi connectivity index (χ0n) is 9.61. The van der Waals surface area contributed by atoms with Gasteiger partial charge in [-0.15, -0.1) is 0 Å². The summed E-state index contributed by atoms with van der Waals surface area (Å²) in [6.07, 6.45) is 1.69. The number of ketones is 1. The molecule has 84 valence electrons. The van der Waals surface area contributed by atoms with E-state index in [0.717, 1.165) is 5.56 Å². The number of benzene rings is 1. The van der Waals surface area contributed by atoms with Gasteiger partial charge in [-0.3, -0.25) is 4.79 Å². The Balaban J connectivity index is 3.02. The minimum Gasteiger partial charge on any atom is -0.466 e. The van der Waals surface area contributed by atoms with Gasteiger partial charge < -0.3 is 4.74 Å². The van der Waals surface area contributed by atoms with Crippen molar-refractivity contribution in [3.05, 3.63) is 41.0 Å². The van der Waals surface area contributed by atoms with Crippen LogP contribution in [0.25, 0.3) is 6.08 Å². The standard InChI is InChI=1S/C13H14O3/c1-9(13(15)16-3)7-11-5-4-6-12(8-11)10(2)14/h4-8H,1-3H3/b9-7+. The van der Waals surface area contributed by atoms with Crippen LogP contribution >= 0.6 is 0 Å². The summed E-state index contributed by atoms with van der Waals surface area (Å²) < 4.78 is 4.59. The number of ether oxygens (including phenoxy) is 1. The maximum atomic E-state index is 11.2. The molecule has 0 saturated heterocycles. The van der Waals surface area contributed by atoms with Crippen molar-refractivity contribution in [2.75, 3.05) is 7.11 Å². The van der Waals surface area contributed by atoms with Crippen LogP contribution in [0.5, 0.6) is 0 Å². The quantitative estimate of drug-likeness (QED) is 0.444. The fraction of sp³-hybridized carbons (Fsp3) is 0.231. The van der Waals surface area contributed by atoms with Crippen LogP contribution < -0.4 is 0 Å². The van der Waals surface area contributed by atoms with E-state index in [1.807, 2.05) is 6.07 Å². The molecule has 1 aromatic rings. The van der Waals surface area contributed by atoms with Crippen LogP contribution in [0.3, 0.4) is 0 Å². The third-order valence-corrected chi connectivity index (χ3v) is 2.18. The number of rotatable bonds is 3. The Bertz CT molecular complexity index is 444. The van der Waals surface area contributed by atoms with Crippen molar-refractivity contribution >= 4 is 17.8 Å². The lowest BCUT2D eigenvalue weighted by Crippen LogP contribution is -2.01. The number of esters is 1. The van der Waals surface area contributed by atoms with Gasteiger partial charge in [0.05, 0.1) is 7.11 Å². The summed E-state index contributed by atoms with van der Waals surface area (Å²) in [4.78, 5) is 22.3. The van der Waals surface area contributed by atoms with Crippen molar-refractivity contribution in [2.24, 2.45) is 0 Å². The highest BCUT2D eigenvalue weighted by Gasteiger charge is 2.04. The molecule has 0 unspecified atom stereocenters. The third kappa shape index (κ3) is 3.05. The van der Waals surface area contributed by atoms with E-state index in [1.54, 1.807) is 31.2 Å². The van der Waals surface area contributed by atoms with E-state index in [2.05, 4.69) is 4.74 Å². The molecule has 0 aliphatic carbocycles. The molecular formula is C13H14O3. The van der Waals surface area contributed by atoms with Crippen LogP contribution in [0, 0.1) is 0 Å². The number of Topliss-reactive ketones (excluding diaryl/α,β-unsaturated/α-hetero) is 1. The molecule has 0 spiro atoms. The molecule has 0 aliphatic rings. The fourth-order valence-electron chi connectivity index (χ4n) is 1.32. The summed E-state index contributed by atoms with van der Waals surface area (Å²) >= 11 is 0. The number of hydrogen-bond acceptors (Lipinski definition) is 3. The van der Waals surface area contributed by atoms with Crippen molar-refractivity contribution in [3.8, 4) is 0 Å². The second-order valence-electron chi connectivity index (χ2n) is 3.50. The lowest BCUT2D eigenvalue weighted by molar-refractivity contribution is -0.135. The zero-order chi connectivity index (χ0) is 12.1. The van der Waals surface area contributed by atoms with E-state index in [-0.39, 0.29) is 11.8 Å². The highest BCUT2D eigenvalue weighted by molar-refractivity contribution is 5.96. The summed E-state index contributed by atoms with van der Waals surface area (Å²) in [6, 6.07) is 7.11. The lowest BCUT2D eigenvalue weighted by Gasteiger charge is -2.00. The zero-order valence-corrected chi connectivity index (χ0v) is 9.61. The number of hydrogen-bond donors (Lipinski definition) is 0. The SMILES string of the molecule is COC(=O)/C(C)=C/c1cccc(C(C)=O)c1. The molecule has 0 aliphatic heterocycles. The molecule has 1 aromatic carbocycles. The highest BCUT2D eigenvalue weighted by Crippen LogP contribution is 2.11. The summed E-state index contributed by atoms with van der Waals surface area (Å²) in [5.41, 5.74) is 1.95. The molecule has 16 heavy (non-hydrogen) atoms. The molecule has 1 rings (SSSR count). The van der Waals surface area contributed by atoms with Gasteiger partial charge in [-0.2, -0.15) is 0 Å². The summed E-state index contributed by atoms with van der Waals surface area (Å²) in [5, 5.41) is 0. The van der Waals surface area contributed by atoms with E-state index in [9.17, 15) is 9.59 Å². The molecule has 0 bridgehead atoms. The molecule has 0 amide bonds. The second kappa shape index (κ2) is 5.26. The van der Waals surface area contributed by atoms with E-state index < -0.39 is 0 Å². The van der Waals surface area contributed by atoms with Gasteiger partial charge in [0, 0.05) is 11.1 Å². The Morgan fingerprint density at radius 2 is 1.94 bits per heavy atom. The Kier molecular flexibility index (Phi) is 4.00. The first-order valence-electron chi connectivity index (χ1n) is 4.92. The average molecular weight is 218 g/mol. The summed E-state index contributed by atoms with van der Waals surface area (Å²) in [7, 11) is 1.34. The molecule has 0 aromatic heterocycles. The Hall–Kier alpha value is -1.90. The third-order valence-electron chi connectivity index (χ3n) is 2.18. The van der Waals surface area contributed by atoms with Gasteiger partial charge in [-0.25, -0.2) is 4.79 Å². The van der Waals surface area contributed by atoms with E-state index in [4.69, 9.17) is 0 Å². The lowest BCUT2D eigenvalue weighted by atomic mass is 10.1. The van der Waals surface area contributed by atoms with Gasteiger partial charge in [-0.1, -0.05) is 18.2 Å². The van der Waals surface area contributed by atoms with Crippen molar-refractivity contribution in [1.29, 1.82) is 0 Å². The van der Waals surface area contributed by atoms with Crippen molar-refractivity contribution < 1.29 is 14.3 Å². The Morgan fingerprint density at radius 1 is 1.25 bits per heavy atom. The minimum absolute atomic E-state index is 0.00553. The van der Waals surface area contributed by atoms with Gasteiger partial charge >= 0.3 is 5.97 Å². The summed E-state index contributed by atoms with van der Waals surface area (Å²) in [6.45, 7) is 3.18. The fourth-order valence-corrected chi connectivity index (χ4v) is 1.32. The maximum absolute atomic E-state index is 11.2. The van der Waals surface area contributed by atoms with E-state index in [0.29, 0.717) is 11.1 Å². The van der Waals surface area contributed by atoms with Crippen LogP contribution in [0.4, 0.5) is 0 Å². The Morgan fingerprint density at radius 3 is 2.50 bits per heavy atom. The Labute approximate surface area is 94.7 Å². The minimum atomic E-state index is -0.367. The van der Waals surface area contributed by atoms with Crippen molar-refractivity contribution in [3.63, 3.8) is 0 Å². The molecule has 0 fully saturated rings. The van der Waals surface area contributed by atoms with Crippen LogP contribution in [-0.2, 0) is 9.53 Å². The van der Waals surface area contributed by atoms with Gasteiger partial charge in [0.1, 0.15) is 0 Å². The van der Waals surface area contributed by atoms with E-state index in [1.165, 1.54) is 14.0 Å². The molecule has 0 N–H and O–H groups in total. The topological polar surface area (TPSA) is 43.4 Å². The number of carbonyl (C=O) groups is 2. The van der Waals surface area contributed by atoms with Crippen molar-refractivity contribution in [1.82, 2.24) is 0 Å². The van der Waals surface area contributed by atoms with E-state index >= 15 is 0 Å². The number of methoxy groups -OCH3 is 1. The average Bonchev–Trinajstić information content (AvgIpc) is 2.28. The van der Waals surface area contributed by atoms with Gasteiger partial charge in [-0.05, 0) is 31.6 Å². The van der Waals surface area contributed by atoms with Crippen molar-refractivity contribution in [2.45, 2.75) is 13.8 Å². The molecule has 0 atom stereocenters. The first-order chi connectivity index (χ1) is 7.54. The summed E-state index contributed by atoms with van der Waals surface area (Å²) in [5.74, 6) is -0.362. The first kappa shape index (κ1) is 12.2. The number of carbonyl (C=O) groups excluding carboxylic acids is 2. The van der Waals surface area contributed by atoms with Crippen LogP contribution in [0.2, 0.25) is 0 Å². The molecule has 0 heterocycles. The molecular weight excluding hydrogens is 204 g/mol. The second-order valence-corrected chi connectivity index (χ2v) is 3.50. The predicted octanol–water partition coefficient (Wildman–Crippen LogP) is 2.47. The molecule has 3 heteroatoms. The largest absolute Gasteiger partial charge is 0.466 e. The monoisotopic (exact) mass is 218 g/mol. The maximum Gasteiger partial charge on any atom is 0.333 e. The van der Waals surface area contributed by atoms with Crippen LogP contribution in [-0.4, -0.2) is 18.9 Å². The molecule has 0 radical (unpaired) electrons. The normalized spacial score (nSPS) is 11.1. The van der Waals surface area contributed by atoms with Gasteiger partial charge in [0.15, 0.2) is 5.78 Å².